The number of rotatable bonds is 6. The lowest BCUT2D eigenvalue weighted by molar-refractivity contribution is 0.0107. The van der Waals surface area contributed by atoms with E-state index >= 15 is 0 Å². The highest BCUT2D eigenvalue weighted by Crippen LogP contribution is 2.25. The van der Waals surface area contributed by atoms with Crippen LogP contribution in [0.1, 0.15) is 43.9 Å². The van der Waals surface area contributed by atoms with Crippen LogP contribution >= 0.6 is 0 Å². The first kappa shape index (κ1) is 26.5. The zero-order valence-electron chi connectivity index (χ0n) is 22.5. The summed E-state index contributed by atoms with van der Waals surface area (Å²) in [7, 11) is 2.16. The molecule has 2 aliphatic rings. The molecule has 0 atom stereocenters. The van der Waals surface area contributed by atoms with Gasteiger partial charge in [0.05, 0.1) is 11.4 Å². The number of anilines is 2. The standard InChI is InChI=1S/C26H32N8O.C2H6/c1-4-21(27-5-2)23-8-9-28-26(31-23)29-19-6-7-22-18(14-19)15-24(30-22)25(35)34-16-20(17-34)33-12-10-32(3)11-13-33;1-2/h4-9,14-15,20,30H,10-13,16-17H2,1-3H3,(H,28,29,31);1-2H3/b21-4-,27-5?;. The molecule has 4 heterocycles. The number of benzene rings is 1. The van der Waals surface area contributed by atoms with E-state index in [4.69, 9.17) is 0 Å². The third kappa shape index (κ3) is 6.06. The molecule has 196 valence electrons. The summed E-state index contributed by atoms with van der Waals surface area (Å²) in [4.78, 5) is 36.4. The van der Waals surface area contributed by atoms with Crippen LogP contribution in [0.15, 0.2) is 47.6 Å². The van der Waals surface area contributed by atoms with Gasteiger partial charge < -0.3 is 20.1 Å². The summed E-state index contributed by atoms with van der Waals surface area (Å²) in [5.74, 6) is 0.558. The largest absolute Gasteiger partial charge is 0.351 e. The minimum absolute atomic E-state index is 0.0625. The van der Waals surface area contributed by atoms with E-state index in [1.807, 2.05) is 69.0 Å². The van der Waals surface area contributed by atoms with Crippen molar-refractivity contribution in [2.24, 2.45) is 4.99 Å². The molecule has 3 aromatic rings. The first-order valence-electron chi connectivity index (χ1n) is 13.1. The Labute approximate surface area is 219 Å². The number of aromatic amines is 1. The maximum Gasteiger partial charge on any atom is 0.270 e. The van der Waals surface area contributed by atoms with Crippen molar-refractivity contribution in [1.82, 2.24) is 29.7 Å². The van der Waals surface area contributed by atoms with Crippen LogP contribution < -0.4 is 5.32 Å². The highest BCUT2D eigenvalue weighted by atomic mass is 16.2. The Kier molecular flexibility index (Phi) is 8.68. The minimum atomic E-state index is 0.0625. The van der Waals surface area contributed by atoms with Crippen molar-refractivity contribution in [1.29, 1.82) is 0 Å². The molecule has 0 unspecified atom stereocenters. The number of aliphatic imine (C=N–C) groups is 1. The van der Waals surface area contributed by atoms with Gasteiger partial charge in [0.25, 0.3) is 5.91 Å². The molecule has 0 aliphatic carbocycles. The fourth-order valence-corrected chi connectivity index (χ4v) is 4.65. The van der Waals surface area contributed by atoms with Gasteiger partial charge in [-0.25, -0.2) is 9.97 Å². The Bertz CT molecular complexity index is 1270. The van der Waals surface area contributed by atoms with Crippen molar-refractivity contribution in [3.05, 3.63) is 54.0 Å². The molecule has 0 saturated carbocycles. The number of amides is 1. The van der Waals surface area contributed by atoms with Crippen LogP contribution in [0.4, 0.5) is 11.6 Å². The van der Waals surface area contributed by atoms with Crippen molar-refractivity contribution in [2.75, 3.05) is 51.6 Å². The lowest BCUT2D eigenvalue weighted by atomic mass is 10.1. The summed E-state index contributed by atoms with van der Waals surface area (Å²) in [6.45, 7) is 13.8. The number of carbonyl (C=O) groups is 1. The molecule has 9 heteroatoms. The zero-order chi connectivity index (χ0) is 26.4. The highest BCUT2D eigenvalue weighted by Gasteiger charge is 2.36. The van der Waals surface area contributed by atoms with Gasteiger partial charge in [-0.3, -0.25) is 14.7 Å². The summed E-state index contributed by atoms with van der Waals surface area (Å²) in [6, 6.07) is 10.2. The van der Waals surface area contributed by atoms with E-state index in [-0.39, 0.29) is 5.91 Å². The Morgan fingerprint density at radius 3 is 2.57 bits per heavy atom. The molecule has 2 saturated heterocycles. The number of hydrogen-bond acceptors (Lipinski definition) is 7. The number of likely N-dealkylation sites (tertiary alicyclic amines) is 1. The van der Waals surface area contributed by atoms with Crippen molar-refractivity contribution >= 4 is 40.4 Å². The molecule has 2 N–H and O–H groups in total. The SMILES string of the molecule is CC.CC=N/C(=C\C)c1ccnc(Nc2ccc3[nH]c(C(=O)N4CC(N5CCN(C)CC5)C4)cc3c2)n1. The third-order valence-electron chi connectivity index (χ3n) is 6.77. The predicted octanol–water partition coefficient (Wildman–Crippen LogP) is 4.25. The summed E-state index contributed by atoms with van der Waals surface area (Å²) < 4.78 is 0. The molecular weight excluding hydrogens is 464 g/mol. The monoisotopic (exact) mass is 502 g/mol. The Morgan fingerprint density at radius 2 is 1.86 bits per heavy atom. The van der Waals surface area contributed by atoms with Crippen LogP contribution in [-0.2, 0) is 0 Å². The normalized spacial score (nSPS) is 17.5. The van der Waals surface area contributed by atoms with Crippen LogP contribution in [0.3, 0.4) is 0 Å². The summed E-state index contributed by atoms with van der Waals surface area (Å²) >= 11 is 0. The predicted molar refractivity (Wildman–Crippen MR) is 152 cm³/mol. The number of nitrogens with zero attached hydrogens (tertiary/aromatic N) is 6. The molecule has 0 radical (unpaired) electrons. The molecule has 2 fully saturated rings. The van der Waals surface area contributed by atoms with Crippen LogP contribution in [0.25, 0.3) is 16.6 Å². The van der Waals surface area contributed by atoms with Crippen LogP contribution in [0.2, 0.25) is 0 Å². The van der Waals surface area contributed by atoms with Crippen molar-refractivity contribution in [3.8, 4) is 0 Å². The van der Waals surface area contributed by atoms with Crippen molar-refractivity contribution in [3.63, 3.8) is 0 Å². The lowest BCUT2D eigenvalue weighted by Crippen LogP contribution is -2.64. The Balaban J connectivity index is 0.00000156. The fourth-order valence-electron chi connectivity index (χ4n) is 4.65. The molecule has 2 aliphatic heterocycles. The number of allylic oxidation sites excluding steroid dienone is 1. The van der Waals surface area contributed by atoms with Crippen molar-refractivity contribution < 1.29 is 4.79 Å². The number of carbonyl (C=O) groups excluding carboxylic acids is 1. The van der Waals surface area contributed by atoms with Gasteiger partial charge in [0, 0.05) is 74.3 Å². The number of nitrogens with one attached hydrogen (secondary N) is 2. The number of hydrogen-bond donors (Lipinski definition) is 2. The summed E-state index contributed by atoms with van der Waals surface area (Å²) in [5, 5.41) is 4.23. The molecule has 0 bridgehead atoms. The van der Waals surface area contributed by atoms with Gasteiger partial charge in [0.2, 0.25) is 5.95 Å². The molecule has 1 aromatic carbocycles. The van der Waals surface area contributed by atoms with Crippen molar-refractivity contribution in [2.45, 2.75) is 33.7 Å². The number of piperazine rings is 1. The second-order valence-electron chi connectivity index (χ2n) is 9.14. The van der Waals surface area contributed by atoms with Crippen LogP contribution in [0, 0.1) is 0 Å². The second-order valence-corrected chi connectivity index (χ2v) is 9.14. The minimum Gasteiger partial charge on any atom is -0.351 e. The van der Waals surface area contributed by atoms with Gasteiger partial charge in [0.1, 0.15) is 5.69 Å². The summed E-state index contributed by atoms with van der Waals surface area (Å²) in [6.07, 6.45) is 5.38. The molecule has 1 amide bonds. The van der Waals surface area contributed by atoms with E-state index in [2.05, 4.69) is 42.1 Å². The van der Waals surface area contributed by atoms with Crippen LogP contribution in [0.5, 0.6) is 0 Å². The topological polar surface area (TPSA) is 92.7 Å². The molecule has 9 nitrogen and oxygen atoms in total. The van der Waals surface area contributed by atoms with E-state index in [9.17, 15) is 4.79 Å². The average molecular weight is 503 g/mol. The third-order valence-corrected chi connectivity index (χ3v) is 6.77. The number of likely N-dealkylation sites (N-methyl/N-ethyl adjacent to an activating group) is 1. The number of H-pyrrole nitrogens is 1. The molecule has 37 heavy (non-hydrogen) atoms. The Morgan fingerprint density at radius 1 is 1.11 bits per heavy atom. The van der Waals surface area contributed by atoms with Gasteiger partial charge in [-0.2, -0.15) is 0 Å². The second kappa shape index (κ2) is 12.1. The van der Waals surface area contributed by atoms with Gasteiger partial charge in [0.15, 0.2) is 0 Å². The van der Waals surface area contributed by atoms with Gasteiger partial charge >= 0.3 is 0 Å². The van der Waals surface area contributed by atoms with E-state index in [1.54, 1.807) is 12.4 Å². The summed E-state index contributed by atoms with van der Waals surface area (Å²) in [5.41, 5.74) is 3.96. The van der Waals surface area contributed by atoms with E-state index in [0.717, 1.165) is 67.2 Å². The number of fused-ring (bicyclic) bond motifs is 1. The highest BCUT2D eigenvalue weighted by molar-refractivity contribution is 5.99. The molecular formula is C28H38N8O. The molecule has 5 rings (SSSR count). The van der Waals surface area contributed by atoms with E-state index in [0.29, 0.717) is 17.7 Å². The van der Waals surface area contributed by atoms with Gasteiger partial charge in [-0.15, -0.1) is 0 Å². The quantitative estimate of drug-likeness (QED) is 0.490. The first-order valence-corrected chi connectivity index (χ1v) is 13.1. The van der Waals surface area contributed by atoms with E-state index < -0.39 is 0 Å². The zero-order valence-corrected chi connectivity index (χ0v) is 22.5. The van der Waals surface area contributed by atoms with Crippen LogP contribution in [-0.4, -0.2) is 94.1 Å². The van der Waals surface area contributed by atoms with Gasteiger partial charge in [-0.1, -0.05) is 19.9 Å². The maximum absolute atomic E-state index is 13.1. The fraction of sp³-hybridized carbons (Fsp3) is 0.429. The molecule has 0 spiro atoms. The van der Waals surface area contributed by atoms with E-state index in [1.165, 1.54) is 0 Å². The lowest BCUT2D eigenvalue weighted by Gasteiger charge is -2.47. The molecule has 2 aromatic heterocycles. The van der Waals surface area contributed by atoms with Gasteiger partial charge in [-0.05, 0) is 51.2 Å². The number of aromatic nitrogens is 3. The maximum atomic E-state index is 13.1. The Hall–Kier alpha value is -3.56. The smallest absolute Gasteiger partial charge is 0.270 e. The first-order chi connectivity index (χ1) is 18.0. The average Bonchev–Trinajstić information content (AvgIpc) is 3.32.